The van der Waals surface area contributed by atoms with Gasteiger partial charge in [0.2, 0.25) is 0 Å². The third kappa shape index (κ3) is 7.18. The molecule has 2 aliphatic heterocycles. The Balaban J connectivity index is 0.00000450. The van der Waals surface area contributed by atoms with E-state index in [0.29, 0.717) is 31.1 Å². The maximum Gasteiger partial charge on any atom is 0.194 e. The Labute approximate surface area is 330 Å². The minimum Gasteiger partial charge on any atom is -0.462 e. The average molecular weight is 754 g/mol. The van der Waals surface area contributed by atoms with Gasteiger partial charge >= 0.3 is 0 Å². The largest absolute Gasteiger partial charge is 0.462 e. The number of rotatable bonds is 10. The van der Waals surface area contributed by atoms with E-state index in [1.165, 1.54) is 33.4 Å². The Morgan fingerprint density at radius 1 is 0.426 bits per heavy atom. The molecule has 6 aromatic carbocycles. The topological polar surface area (TPSA) is 43.2 Å². The molecule has 0 fully saturated rings. The quantitative estimate of drug-likeness (QED) is 0.131. The molecular formula is C49H46N2NiO2. The summed E-state index contributed by atoms with van der Waals surface area (Å²) in [6.07, 6.45) is 1.77. The standard InChI is InChI=1S/C49H46N2O2.Ni/c1-34-15-11-23-40(27-34)48(41-24-12-16-35(2)28-41)44(31-38-19-7-5-8-20-38)50-46(52-48)33-47-51-45(32-39-21-9-6-10-22-39)49(53-47,42-25-13-17-36(3)29-42)43-26-14-18-37(4)30-43;/h5-30,44-45H,31-33H2,1-4H3;/t44-,45-;/m1./s1. The third-order valence-corrected chi connectivity index (χ3v) is 10.7. The van der Waals surface area contributed by atoms with Gasteiger partial charge in [-0.2, -0.15) is 0 Å². The van der Waals surface area contributed by atoms with E-state index in [1.54, 1.807) is 0 Å². The van der Waals surface area contributed by atoms with Crippen molar-refractivity contribution >= 4 is 11.8 Å². The van der Waals surface area contributed by atoms with Crippen LogP contribution in [0.1, 0.15) is 62.1 Å². The van der Waals surface area contributed by atoms with Crippen molar-refractivity contribution in [1.82, 2.24) is 0 Å². The van der Waals surface area contributed by atoms with Gasteiger partial charge < -0.3 is 9.47 Å². The molecule has 0 bridgehead atoms. The summed E-state index contributed by atoms with van der Waals surface area (Å²) in [5.41, 5.74) is 9.83. The SMILES string of the molecule is Cc1cccc(C2(c3cccc(C)c3)OC(CC3=N[C@H](Cc4ccccc4)C(c4cccc(C)c4)(c4cccc(C)c4)O3)=N[C@@H]2Cc2ccccc2)c1.[Ni]. The molecule has 5 heteroatoms. The molecule has 274 valence electrons. The minimum absolute atomic E-state index is 0. The van der Waals surface area contributed by atoms with Crippen LogP contribution >= 0.6 is 0 Å². The van der Waals surface area contributed by atoms with Crippen molar-refractivity contribution in [2.45, 2.75) is 70.2 Å². The van der Waals surface area contributed by atoms with Gasteiger partial charge in [-0.25, -0.2) is 9.98 Å². The zero-order valence-corrected chi connectivity index (χ0v) is 32.3. The van der Waals surface area contributed by atoms with Gasteiger partial charge in [0.1, 0.15) is 12.1 Å². The van der Waals surface area contributed by atoms with Crippen molar-refractivity contribution in [2.75, 3.05) is 0 Å². The summed E-state index contributed by atoms with van der Waals surface area (Å²) in [4.78, 5) is 11.0. The fourth-order valence-electron chi connectivity index (χ4n) is 8.28. The molecule has 8 rings (SSSR count). The monoisotopic (exact) mass is 752 g/mol. The van der Waals surface area contributed by atoms with Gasteiger partial charge in [-0.3, -0.25) is 0 Å². The number of aliphatic imine (C=N–C) groups is 2. The first-order valence-corrected chi connectivity index (χ1v) is 18.7. The molecule has 0 saturated carbocycles. The number of nitrogens with zero attached hydrogens (tertiary/aromatic N) is 2. The molecule has 54 heavy (non-hydrogen) atoms. The Bertz CT molecular complexity index is 2040. The van der Waals surface area contributed by atoms with Crippen molar-refractivity contribution in [1.29, 1.82) is 0 Å². The van der Waals surface area contributed by atoms with Crippen LogP contribution in [0.15, 0.2) is 168 Å². The molecule has 2 atom stereocenters. The van der Waals surface area contributed by atoms with Crippen molar-refractivity contribution < 1.29 is 26.0 Å². The number of benzene rings is 6. The maximum absolute atomic E-state index is 7.34. The van der Waals surface area contributed by atoms with Crippen molar-refractivity contribution in [2.24, 2.45) is 9.98 Å². The van der Waals surface area contributed by atoms with Gasteiger partial charge in [-0.1, -0.05) is 180 Å². The predicted octanol–water partition coefficient (Wildman–Crippen LogP) is 10.6. The van der Waals surface area contributed by atoms with E-state index in [9.17, 15) is 0 Å². The van der Waals surface area contributed by atoms with Crippen LogP contribution in [0, 0.1) is 27.7 Å². The van der Waals surface area contributed by atoms with Crippen molar-refractivity contribution in [3.8, 4) is 0 Å². The first-order valence-electron chi connectivity index (χ1n) is 18.7. The summed E-state index contributed by atoms with van der Waals surface area (Å²) in [5.74, 6) is 1.27. The third-order valence-electron chi connectivity index (χ3n) is 10.7. The van der Waals surface area contributed by atoms with E-state index in [4.69, 9.17) is 19.5 Å². The minimum atomic E-state index is -0.837. The predicted molar refractivity (Wildman–Crippen MR) is 216 cm³/mol. The van der Waals surface area contributed by atoms with Crippen molar-refractivity contribution in [3.05, 3.63) is 213 Å². The van der Waals surface area contributed by atoms with E-state index in [2.05, 4.69) is 185 Å². The van der Waals surface area contributed by atoms with E-state index < -0.39 is 11.2 Å². The second-order valence-corrected chi connectivity index (χ2v) is 14.8. The zero-order valence-electron chi connectivity index (χ0n) is 31.3. The Kier molecular flexibility index (Phi) is 10.7. The summed E-state index contributed by atoms with van der Waals surface area (Å²) in [5, 5.41) is 0. The van der Waals surface area contributed by atoms with Crippen LogP contribution in [0.2, 0.25) is 0 Å². The smallest absolute Gasteiger partial charge is 0.194 e. The van der Waals surface area contributed by atoms with Crippen LogP contribution in [-0.4, -0.2) is 23.9 Å². The van der Waals surface area contributed by atoms with Crippen LogP contribution in [0.25, 0.3) is 0 Å². The molecule has 6 aromatic rings. The van der Waals surface area contributed by atoms with E-state index in [-0.39, 0.29) is 28.6 Å². The summed E-state index contributed by atoms with van der Waals surface area (Å²) in [7, 11) is 0. The average Bonchev–Trinajstić information content (AvgIpc) is 3.71. The molecule has 0 amide bonds. The second-order valence-electron chi connectivity index (χ2n) is 14.8. The number of aryl methyl sites for hydroxylation is 4. The summed E-state index contributed by atoms with van der Waals surface area (Å²) in [6.45, 7) is 8.56. The first-order chi connectivity index (χ1) is 25.8. The van der Waals surface area contributed by atoms with Crippen LogP contribution in [0.3, 0.4) is 0 Å². The number of hydrogen-bond donors (Lipinski definition) is 0. The normalized spacial score (nSPS) is 18.1. The van der Waals surface area contributed by atoms with Crippen LogP contribution in [-0.2, 0) is 50.0 Å². The second kappa shape index (κ2) is 15.6. The fraction of sp³-hybridized carbons (Fsp3) is 0.224. The molecule has 2 aliphatic rings. The molecule has 0 N–H and O–H groups in total. The van der Waals surface area contributed by atoms with Gasteiger partial charge in [-0.05, 0) is 51.7 Å². The Morgan fingerprint density at radius 3 is 1.04 bits per heavy atom. The van der Waals surface area contributed by atoms with Crippen LogP contribution in [0.5, 0.6) is 0 Å². The molecule has 4 nitrogen and oxygen atoms in total. The summed E-state index contributed by atoms with van der Waals surface area (Å²) < 4.78 is 14.7. The number of ether oxygens (including phenoxy) is 2. The van der Waals surface area contributed by atoms with E-state index in [0.717, 1.165) is 22.3 Å². The van der Waals surface area contributed by atoms with Gasteiger partial charge in [0, 0.05) is 38.7 Å². The molecule has 0 saturated heterocycles. The first kappa shape index (κ1) is 37.1. The van der Waals surface area contributed by atoms with E-state index >= 15 is 0 Å². The van der Waals surface area contributed by atoms with Gasteiger partial charge in [0.25, 0.3) is 0 Å². The summed E-state index contributed by atoms with van der Waals surface area (Å²) in [6, 6.07) is 55.6. The fourth-order valence-corrected chi connectivity index (χ4v) is 8.28. The van der Waals surface area contributed by atoms with Gasteiger partial charge in [0.15, 0.2) is 23.0 Å². The van der Waals surface area contributed by atoms with E-state index in [1.807, 2.05) is 0 Å². The van der Waals surface area contributed by atoms with Gasteiger partial charge in [-0.15, -0.1) is 0 Å². The van der Waals surface area contributed by atoms with Crippen LogP contribution < -0.4 is 0 Å². The molecule has 0 spiro atoms. The Morgan fingerprint density at radius 2 is 0.741 bits per heavy atom. The molecule has 0 aliphatic carbocycles. The molecule has 0 radical (unpaired) electrons. The Hall–Kier alpha value is -5.25. The molecule has 0 aromatic heterocycles. The summed E-state index contributed by atoms with van der Waals surface area (Å²) >= 11 is 0. The van der Waals surface area contributed by atoms with Crippen LogP contribution in [0.4, 0.5) is 0 Å². The molecular weight excluding hydrogens is 707 g/mol. The number of hydrogen-bond acceptors (Lipinski definition) is 4. The zero-order chi connectivity index (χ0) is 36.4. The molecule has 0 unspecified atom stereocenters. The maximum atomic E-state index is 7.34. The molecule has 2 heterocycles. The van der Waals surface area contributed by atoms with Gasteiger partial charge in [0.05, 0.1) is 6.42 Å². The van der Waals surface area contributed by atoms with Crippen molar-refractivity contribution in [3.63, 3.8) is 0 Å².